The molecule has 0 unspecified atom stereocenters. The Morgan fingerprint density at radius 3 is 2.72 bits per heavy atom. The largest absolute Gasteiger partial charge is 0.462 e. The van der Waals surface area contributed by atoms with Gasteiger partial charge in [0.15, 0.2) is 5.83 Å². The summed E-state index contributed by atoms with van der Waals surface area (Å²) in [5.74, 6) is -0.263. The minimum absolute atomic E-state index is 0.0659. The first kappa shape index (κ1) is 32.6. The van der Waals surface area contributed by atoms with Crippen LogP contribution in [0.3, 0.4) is 0 Å². The predicted octanol–water partition coefficient (Wildman–Crippen LogP) is 5.20. The Bertz CT molecular complexity index is 1680. The lowest BCUT2D eigenvalue weighted by molar-refractivity contribution is -0.131. The number of carbonyl (C=O) groups is 1. The van der Waals surface area contributed by atoms with Gasteiger partial charge in [-0.3, -0.25) is 14.7 Å². The first-order valence-corrected chi connectivity index (χ1v) is 16.7. The van der Waals surface area contributed by atoms with Crippen molar-refractivity contribution in [3.8, 4) is 6.01 Å². The minimum Gasteiger partial charge on any atom is -0.462 e. The number of aryl methyl sites for hydroxylation is 1. The number of aromatic nitrogens is 3. The summed E-state index contributed by atoms with van der Waals surface area (Å²) in [6, 6.07) is 6.76. The molecule has 1 saturated heterocycles. The first-order chi connectivity index (χ1) is 22.7. The van der Waals surface area contributed by atoms with E-state index in [1.54, 1.807) is 0 Å². The average molecular weight is 641 g/mol. The van der Waals surface area contributed by atoms with Crippen molar-refractivity contribution in [2.45, 2.75) is 71.1 Å². The maximum atomic E-state index is 13.9. The first-order valence-electron chi connectivity index (χ1n) is 16.7. The van der Waals surface area contributed by atoms with E-state index in [1.165, 1.54) is 35.1 Å². The second-order valence-corrected chi connectivity index (χ2v) is 13.4. The fraction of sp³-hybridized carbons (Fsp3) is 0.528. The van der Waals surface area contributed by atoms with Crippen LogP contribution in [0.4, 0.5) is 15.9 Å². The molecule has 3 aliphatic rings. The van der Waals surface area contributed by atoms with Crippen LogP contribution in [-0.4, -0.2) is 95.2 Å². The number of hydrogen-bond acceptors (Lipinski definition) is 8. The highest BCUT2D eigenvalue weighted by Crippen LogP contribution is 2.36. The average Bonchev–Trinajstić information content (AvgIpc) is 3.05. The number of benzene rings is 1. The van der Waals surface area contributed by atoms with Crippen molar-refractivity contribution >= 4 is 28.2 Å². The summed E-state index contributed by atoms with van der Waals surface area (Å²) < 4.78 is 20.3. The second kappa shape index (κ2) is 13.8. The molecule has 0 spiro atoms. The molecule has 3 atom stereocenters. The molecule has 248 valence electrons. The number of amides is 1. The zero-order valence-corrected chi connectivity index (χ0v) is 28.0. The Labute approximate surface area is 277 Å². The summed E-state index contributed by atoms with van der Waals surface area (Å²) in [6.07, 6.45) is 8.43. The summed E-state index contributed by atoms with van der Waals surface area (Å²) in [7, 11) is 2.17. The van der Waals surface area contributed by atoms with Crippen LogP contribution < -0.4 is 14.5 Å². The van der Waals surface area contributed by atoms with Gasteiger partial charge in [-0.1, -0.05) is 31.2 Å². The van der Waals surface area contributed by atoms with Gasteiger partial charge in [0.25, 0.3) is 5.91 Å². The van der Waals surface area contributed by atoms with Crippen molar-refractivity contribution in [3.05, 3.63) is 71.2 Å². The molecule has 0 bridgehead atoms. The number of hydrogen-bond donors (Lipinski definition) is 0. The van der Waals surface area contributed by atoms with Crippen LogP contribution in [0, 0.1) is 19.4 Å². The maximum absolute atomic E-state index is 13.9. The molecule has 10 nitrogen and oxygen atoms in total. The smallest absolute Gasteiger partial charge is 0.318 e. The maximum Gasteiger partial charge on any atom is 0.318 e. The lowest BCUT2D eigenvalue weighted by atomic mass is 9.79. The fourth-order valence-electron chi connectivity index (χ4n) is 7.26. The fourth-order valence-corrected chi connectivity index (χ4v) is 7.26. The van der Waals surface area contributed by atoms with E-state index in [-0.39, 0.29) is 19.1 Å². The third-order valence-electron chi connectivity index (χ3n) is 10.5. The Balaban J connectivity index is 1.31. The lowest BCUT2D eigenvalue weighted by Gasteiger charge is -2.41. The van der Waals surface area contributed by atoms with Gasteiger partial charge in [0.1, 0.15) is 18.5 Å². The van der Waals surface area contributed by atoms with Gasteiger partial charge in [0, 0.05) is 60.8 Å². The van der Waals surface area contributed by atoms with Crippen LogP contribution in [0.1, 0.15) is 49.9 Å². The van der Waals surface area contributed by atoms with E-state index in [0.29, 0.717) is 44.7 Å². The quantitative estimate of drug-likeness (QED) is 0.221. The Kier molecular flexibility index (Phi) is 9.60. The van der Waals surface area contributed by atoms with Gasteiger partial charge in [-0.15, -0.1) is 0 Å². The van der Waals surface area contributed by atoms with E-state index in [1.807, 2.05) is 12.4 Å². The number of fused-ring (bicyclic) bond motifs is 2. The summed E-state index contributed by atoms with van der Waals surface area (Å²) in [6.45, 7) is 20.2. The number of piperazine rings is 1. The van der Waals surface area contributed by atoms with Gasteiger partial charge in [0.05, 0.1) is 24.1 Å². The monoisotopic (exact) mass is 640 g/mol. The van der Waals surface area contributed by atoms with Crippen molar-refractivity contribution in [2.24, 2.45) is 5.92 Å². The minimum atomic E-state index is -1.01. The van der Waals surface area contributed by atoms with Crippen LogP contribution in [-0.2, 0) is 17.8 Å². The molecule has 2 aromatic heterocycles. The zero-order valence-electron chi connectivity index (χ0n) is 28.0. The molecule has 0 N–H and O–H groups in total. The van der Waals surface area contributed by atoms with Gasteiger partial charge < -0.3 is 24.3 Å². The number of ether oxygens (including phenoxy) is 1. The number of pyridine rings is 1. The number of carbonyl (C=O) groups excluding carboxylic acids is 1. The highest BCUT2D eigenvalue weighted by Gasteiger charge is 2.36. The standard InChI is InChI=1S/C36H45FN8O2/c1-23-9-7-12-28-17-39-19-32(33(23)28)43-14-13-30-31(21-43)40-36(47-22-24(2)42(6)26(4)27-10-8-11-27)41-34(30)44-15-16-45(35(46)25(3)37)29(20-44)18-38-5/h7,9,12,17,19,24,26-27,29H,3,8,10-11,13-16,18,20-22H2,1-2,4,6H3/t24-,26-,29-/m0/s1. The number of rotatable bonds is 10. The Morgan fingerprint density at radius 1 is 1.19 bits per heavy atom. The van der Waals surface area contributed by atoms with E-state index in [9.17, 15) is 9.18 Å². The van der Waals surface area contributed by atoms with Gasteiger partial charge >= 0.3 is 6.01 Å². The van der Waals surface area contributed by atoms with E-state index < -0.39 is 17.8 Å². The third-order valence-corrected chi connectivity index (χ3v) is 10.5. The summed E-state index contributed by atoms with van der Waals surface area (Å²) in [4.78, 5) is 38.9. The topological polar surface area (TPSA) is 82.3 Å². The van der Waals surface area contributed by atoms with Gasteiger partial charge in [-0.2, -0.15) is 9.97 Å². The van der Waals surface area contributed by atoms with Crippen LogP contribution in [0.25, 0.3) is 15.6 Å². The normalized spacial score (nSPS) is 19.6. The van der Waals surface area contributed by atoms with Crippen molar-refractivity contribution in [1.82, 2.24) is 24.8 Å². The number of anilines is 2. The Hall–Kier alpha value is -4.30. The van der Waals surface area contributed by atoms with Crippen molar-refractivity contribution in [1.29, 1.82) is 0 Å². The summed E-state index contributed by atoms with van der Waals surface area (Å²) in [5.41, 5.74) is 4.20. The van der Waals surface area contributed by atoms with E-state index in [4.69, 9.17) is 21.3 Å². The molecule has 3 aromatic rings. The zero-order chi connectivity index (χ0) is 33.2. The molecule has 11 heteroatoms. The van der Waals surface area contributed by atoms with Crippen molar-refractivity contribution in [2.75, 3.05) is 56.2 Å². The van der Waals surface area contributed by atoms with Crippen LogP contribution in [0.5, 0.6) is 6.01 Å². The summed E-state index contributed by atoms with van der Waals surface area (Å²) in [5, 5.41) is 2.29. The molecular weight excluding hydrogens is 595 g/mol. The number of nitrogens with zero attached hydrogens (tertiary/aromatic N) is 8. The molecule has 4 heterocycles. The third kappa shape index (κ3) is 6.61. The van der Waals surface area contributed by atoms with Gasteiger partial charge in [-0.25, -0.2) is 11.0 Å². The molecule has 1 saturated carbocycles. The number of halogens is 1. The number of likely N-dealkylation sites (N-methyl/N-ethyl adjacent to an activating group) is 1. The molecule has 2 fully saturated rings. The predicted molar refractivity (Wildman–Crippen MR) is 182 cm³/mol. The lowest BCUT2D eigenvalue weighted by Crippen LogP contribution is -2.57. The molecular formula is C36H45FN8O2. The van der Waals surface area contributed by atoms with Gasteiger partial charge in [-0.05, 0) is 58.6 Å². The molecule has 47 heavy (non-hydrogen) atoms. The Morgan fingerprint density at radius 2 is 2.00 bits per heavy atom. The van der Waals surface area contributed by atoms with E-state index >= 15 is 0 Å². The second-order valence-electron chi connectivity index (χ2n) is 13.4. The summed E-state index contributed by atoms with van der Waals surface area (Å²) >= 11 is 0. The van der Waals surface area contributed by atoms with Crippen molar-refractivity contribution < 1.29 is 13.9 Å². The SMILES string of the molecule is [C-]#[N+]C[C@H]1CN(c2nc(OC[C@H](C)N(C)[C@@H](C)C3CCC3)nc3c2CCN(c2cncc4cccc(C)c24)C3)CCN1C(=O)C(=C)F. The molecule has 0 radical (unpaired) electrons. The van der Waals surface area contributed by atoms with Crippen LogP contribution >= 0.6 is 0 Å². The van der Waals surface area contributed by atoms with E-state index in [0.717, 1.165) is 40.6 Å². The van der Waals surface area contributed by atoms with Crippen LogP contribution in [0.2, 0.25) is 0 Å². The highest BCUT2D eigenvalue weighted by molar-refractivity contribution is 5.96. The highest BCUT2D eigenvalue weighted by atomic mass is 19.1. The van der Waals surface area contributed by atoms with E-state index in [2.05, 4.69) is 77.1 Å². The molecule has 6 rings (SSSR count). The van der Waals surface area contributed by atoms with Gasteiger partial charge in [0.2, 0.25) is 6.54 Å². The van der Waals surface area contributed by atoms with Crippen LogP contribution in [0.15, 0.2) is 43.0 Å². The molecule has 1 aliphatic carbocycles. The molecule has 1 amide bonds. The van der Waals surface area contributed by atoms with Crippen molar-refractivity contribution in [3.63, 3.8) is 0 Å². The molecule has 2 aliphatic heterocycles. The molecule has 1 aromatic carbocycles.